The van der Waals surface area contributed by atoms with Gasteiger partial charge in [0.2, 0.25) is 11.8 Å². The zero-order valence-corrected chi connectivity index (χ0v) is 12.9. The Labute approximate surface area is 124 Å². The first kappa shape index (κ1) is 15.2. The Morgan fingerprint density at radius 3 is 2.80 bits per heavy atom. The molecule has 0 saturated carbocycles. The summed E-state index contributed by atoms with van der Waals surface area (Å²) in [7, 11) is -3.11. The molecule has 0 bridgehead atoms. The predicted octanol–water partition coefficient (Wildman–Crippen LogP) is 1.50. The number of halogens is 2. The minimum atomic E-state index is -4.58. The van der Waals surface area contributed by atoms with Crippen molar-refractivity contribution in [3.8, 4) is 5.88 Å². The summed E-state index contributed by atoms with van der Waals surface area (Å²) in [4.78, 5) is 17.4. The minimum Gasteiger partial charge on any atom is -0.481 e. The van der Waals surface area contributed by atoms with Gasteiger partial charge in [0, 0.05) is 24.9 Å². The van der Waals surface area contributed by atoms with Gasteiger partial charge in [-0.15, -0.1) is 3.89 Å². The Hall–Kier alpha value is -1.22. The topological polar surface area (TPSA) is 76.6 Å². The molecule has 6 nitrogen and oxygen atoms in total. The highest BCUT2D eigenvalue weighted by atomic mass is 79.9. The van der Waals surface area contributed by atoms with Gasteiger partial charge in [-0.3, -0.25) is 4.79 Å². The summed E-state index contributed by atoms with van der Waals surface area (Å²) in [5, 5.41) is 0. The smallest absolute Gasteiger partial charge is 0.302 e. The summed E-state index contributed by atoms with van der Waals surface area (Å²) in [5.41, 5.74) is 0.509. The Kier molecular flexibility index (Phi) is 4.28. The second kappa shape index (κ2) is 5.65. The first-order valence-corrected chi connectivity index (χ1v) is 8.08. The van der Waals surface area contributed by atoms with Gasteiger partial charge in [-0.05, 0) is 22.0 Å². The summed E-state index contributed by atoms with van der Waals surface area (Å²) in [6.07, 6.45) is 0.00161. The van der Waals surface area contributed by atoms with Crippen LogP contribution in [0.4, 0.5) is 9.57 Å². The molecule has 0 N–H and O–H groups in total. The second-order valence-electron chi connectivity index (χ2n) is 4.44. The quantitative estimate of drug-likeness (QED) is 0.596. The molecule has 1 aliphatic heterocycles. The average Bonchev–Trinajstić information content (AvgIpc) is 2.67. The number of nitrogens with zero attached hydrogens (tertiary/aromatic N) is 2. The van der Waals surface area contributed by atoms with E-state index in [9.17, 15) is 17.1 Å². The molecule has 0 spiro atoms. The van der Waals surface area contributed by atoms with Gasteiger partial charge in [-0.25, -0.2) is 4.98 Å². The Bertz CT molecular complexity index is 637. The van der Waals surface area contributed by atoms with Crippen molar-refractivity contribution in [2.24, 2.45) is 5.92 Å². The molecule has 110 valence electrons. The fraction of sp³-hybridized carbons (Fsp3) is 0.455. The van der Waals surface area contributed by atoms with Crippen LogP contribution < -0.4 is 9.64 Å². The molecule has 1 atom stereocenters. The SMILES string of the molecule is COc1ccc(N2CC(CS(=O)(=O)F)CC2=O)c(Br)n1. The number of hydrogen-bond donors (Lipinski definition) is 0. The number of carbonyl (C=O) groups excluding carboxylic acids is 1. The molecule has 9 heteroatoms. The van der Waals surface area contributed by atoms with Crippen molar-refractivity contribution in [2.45, 2.75) is 6.42 Å². The fourth-order valence-electron chi connectivity index (χ4n) is 2.13. The molecule has 20 heavy (non-hydrogen) atoms. The van der Waals surface area contributed by atoms with Gasteiger partial charge >= 0.3 is 10.2 Å². The van der Waals surface area contributed by atoms with E-state index in [-0.39, 0.29) is 18.9 Å². The van der Waals surface area contributed by atoms with Crippen molar-refractivity contribution in [3.05, 3.63) is 16.7 Å². The Balaban J connectivity index is 2.20. The number of pyridine rings is 1. The molecule has 1 unspecified atom stereocenters. The second-order valence-corrected chi connectivity index (χ2v) is 6.61. The van der Waals surface area contributed by atoms with Crippen molar-refractivity contribution < 1.29 is 21.8 Å². The van der Waals surface area contributed by atoms with Crippen LogP contribution in [0.5, 0.6) is 5.88 Å². The van der Waals surface area contributed by atoms with Crippen molar-refractivity contribution in [3.63, 3.8) is 0 Å². The third-order valence-electron chi connectivity index (χ3n) is 2.94. The number of carbonyl (C=O) groups is 1. The van der Waals surface area contributed by atoms with Gasteiger partial charge in [-0.1, -0.05) is 0 Å². The van der Waals surface area contributed by atoms with Crippen LogP contribution >= 0.6 is 15.9 Å². The van der Waals surface area contributed by atoms with Crippen LogP contribution in [0, 0.1) is 5.92 Å². The normalized spacial score (nSPS) is 19.4. The summed E-state index contributed by atoms with van der Waals surface area (Å²) in [6.45, 7) is 0.147. The third-order valence-corrected chi connectivity index (χ3v) is 4.40. The highest BCUT2D eigenvalue weighted by molar-refractivity contribution is 9.10. The molecule has 0 aliphatic carbocycles. The van der Waals surface area contributed by atoms with Crippen LogP contribution in [-0.2, 0) is 15.0 Å². The first-order chi connectivity index (χ1) is 9.30. The van der Waals surface area contributed by atoms with Crippen LogP contribution in [0.15, 0.2) is 16.7 Å². The number of amides is 1. The van der Waals surface area contributed by atoms with E-state index in [2.05, 4.69) is 20.9 Å². The summed E-state index contributed by atoms with van der Waals surface area (Å²) in [5.74, 6) is -1.07. The highest BCUT2D eigenvalue weighted by Crippen LogP contribution is 2.32. The van der Waals surface area contributed by atoms with Gasteiger partial charge in [0.05, 0.1) is 18.6 Å². The lowest BCUT2D eigenvalue weighted by Crippen LogP contribution is -2.26. The maximum absolute atomic E-state index is 12.7. The number of methoxy groups -OCH3 is 1. The highest BCUT2D eigenvalue weighted by Gasteiger charge is 2.34. The molecule has 1 aromatic heterocycles. The van der Waals surface area contributed by atoms with Crippen LogP contribution in [0.1, 0.15) is 6.42 Å². The van der Waals surface area contributed by atoms with Gasteiger partial charge in [-0.2, -0.15) is 8.42 Å². The predicted molar refractivity (Wildman–Crippen MR) is 73.8 cm³/mol. The summed E-state index contributed by atoms with van der Waals surface area (Å²) in [6, 6.07) is 3.23. The monoisotopic (exact) mass is 366 g/mol. The first-order valence-electron chi connectivity index (χ1n) is 5.73. The van der Waals surface area contributed by atoms with Crippen LogP contribution in [0.3, 0.4) is 0 Å². The molecule has 2 rings (SSSR count). The molecule has 1 aromatic rings. The van der Waals surface area contributed by atoms with E-state index in [1.165, 1.54) is 12.0 Å². The lowest BCUT2D eigenvalue weighted by atomic mass is 10.1. The minimum absolute atomic E-state index is 0.00161. The van der Waals surface area contributed by atoms with Crippen molar-refractivity contribution in [2.75, 3.05) is 24.3 Å². The van der Waals surface area contributed by atoms with E-state index in [0.717, 1.165) is 0 Å². The van der Waals surface area contributed by atoms with E-state index >= 15 is 0 Å². The standard InChI is InChI=1S/C11H12BrFN2O4S/c1-19-9-3-2-8(11(12)14-9)15-5-7(4-10(15)16)6-20(13,17)18/h2-3,7H,4-6H2,1H3. The molecule has 0 radical (unpaired) electrons. The number of aromatic nitrogens is 1. The maximum Gasteiger partial charge on any atom is 0.302 e. The van der Waals surface area contributed by atoms with Crippen molar-refractivity contribution in [1.29, 1.82) is 0 Å². The van der Waals surface area contributed by atoms with Gasteiger partial charge in [0.15, 0.2) is 0 Å². The Morgan fingerprint density at radius 2 is 2.25 bits per heavy atom. The number of hydrogen-bond acceptors (Lipinski definition) is 5. The fourth-order valence-corrected chi connectivity index (χ4v) is 3.44. The van der Waals surface area contributed by atoms with Gasteiger partial charge in [0.1, 0.15) is 4.60 Å². The molecule has 1 amide bonds. The molecule has 2 heterocycles. The van der Waals surface area contributed by atoms with Crippen molar-refractivity contribution in [1.82, 2.24) is 4.98 Å². The number of anilines is 1. The van der Waals surface area contributed by atoms with Gasteiger partial charge in [0.25, 0.3) is 0 Å². The lowest BCUT2D eigenvalue weighted by Gasteiger charge is -2.17. The van der Waals surface area contributed by atoms with E-state index in [1.807, 2.05) is 0 Å². The molecule has 1 aliphatic rings. The van der Waals surface area contributed by atoms with E-state index in [0.29, 0.717) is 16.2 Å². The van der Waals surface area contributed by atoms with E-state index in [4.69, 9.17) is 4.74 Å². The van der Waals surface area contributed by atoms with E-state index < -0.39 is 21.9 Å². The van der Waals surface area contributed by atoms with Crippen LogP contribution in [-0.4, -0.2) is 38.7 Å². The van der Waals surface area contributed by atoms with Crippen LogP contribution in [0.2, 0.25) is 0 Å². The number of rotatable bonds is 4. The zero-order chi connectivity index (χ0) is 14.9. The maximum atomic E-state index is 12.7. The number of ether oxygens (including phenoxy) is 1. The molecule has 0 aromatic carbocycles. The summed E-state index contributed by atoms with van der Waals surface area (Å²) < 4.78 is 39.3. The largest absolute Gasteiger partial charge is 0.481 e. The third kappa shape index (κ3) is 3.45. The van der Waals surface area contributed by atoms with Gasteiger partial charge < -0.3 is 9.64 Å². The van der Waals surface area contributed by atoms with E-state index in [1.54, 1.807) is 12.1 Å². The van der Waals surface area contributed by atoms with Crippen molar-refractivity contribution >= 4 is 37.7 Å². The molecular formula is C11H12BrFN2O4S. The molecule has 1 fully saturated rings. The lowest BCUT2D eigenvalue weighted by molar-refractivity contribution is -0.117. The summed E-state index contributed by atoms with van der Waals surface area (Å²) >= 11 is 3.23. The van der Waals surface area contributed by atoms with Crippen LogP contribution in [0.25, 0.3) is 0 Å². The zero-order valence-electron chi connectivity index (χ0n) is 10.5. The Morgan fingerprint density at radius 1 is 1.55 bits per heavy atom. The molecular weight excluding hydrogens is 355 g/mol. The molecule has 1 saturated heterocycles. The average molecular weight is 367 g/mol.